The Kier molecular flexibility index (Phi) is 3.85. The van der Waals surface area contributed by atoms with E-state index in [1.807, 2.05) is 6.20 Å². The van der Waals surface area contributed by atoms with E-state index in [4.69, 9.17) is 10.7 Å². The van der Waals surface area contributed by atoms with Crippen molar-refractivity contribution in [1.82, 2.24) is 19.4 Å². The summed E-state index contributed by atoms with van der Waals surface area (Å²) < 4.78 is 54.8. The lowest BCUT2D eigenvalue weighted by Gasteiger charge is -2.17. The highest BCUT2D eigenvalue weighted by Crippen LogP contribution is 2.83. The number of pyridine rings is 1. The lowest BCUT2D eigenvalue weighted by Crippen LogP contribution is -2.28. The number of halogens is 4. The molecule has 2 saturated carbocycles. The molecule has 4 fully saturated rings. The summed E-state index contributed by atoms with van der Waals surface area (Å²) in [6, 6.07) is 1.35. The van der Waals surface area contributed by atoms with Gasteiger partial charge in [-0.1, -0.05) is 13.8 Å². The first kappa shape index (κ1) is 18.8. The van der Waals surface area contributed by atoms with Gasteiger partial charge in [-0.05, 0) is 12.0 Å². The van der Waals surface area contributed by atoms with Gasteiger partial charge in [0.25, 0.3) is 0 Å². The Hall–Kier alpha value is -2.16. The minimum atomic E-state index is -4.57. The molecule has 6 rings (SSSR count). The molecule has 4 atom stereocenters. The van der Waals surface area contributed by atoms with Crippen LogP contribution < -0.4 is 5.73 Å². The number of hydrogen-bond donors (Lipinski definition) is 1. The fraction of sp³-hybridized carbons (Fsp3) is 0.600. The number of nitrogens with zero attached hydrogens (tertiary/aromatic N) is 4. The van der Waals surface area contributed by atoms with Gasteiger partial charge < -0.3 is 10.3 Å². The van der Waals surface area contributed by atoms with E-state index in [2.05, 4.69) is 28.3 Å². The van der Waals surface area contributed by atoms with Gasteiger partial charge in [0.2, 0.25) is 0 Å². The molecule has 0 amide bonds. The van der Waals surface area contributed by atoms with Crippen LogP contribution in [-0.4, -0.2) is 45.2 Å². The number of rotatable bonds is 6. The second kappa shape index (κ2) is 5.93. The van der Waals surface area contributed by atoms with Crippen LogP contribution in [0.15, 0.2) is 18.5 Å². The molecule has 1 unspecified atom stereocenters. The molecule has 2 aliphatic heterocycles. The normalized spacial score (nSPS) is 30.1. The Morgan fingerprint density at radius 2 is 2.10 bits per heavy atom. The molecule has 156 valence electrons. The van der Waals surface area contributed by atoms with Gasteiger partial charge in [0.1, 0.15) is 18.3 Å². The smallest absolute Gasteiger partial charge is 0.383 e. The molecular weight excluding hydrogens is 386 g/mol. The molecule has 9 heteroatoms. The van der Waals surface area contributed by atoms with E-state index >= 15 is 0 Å². The second-order valence-electron chi connectivity index (χ2n) is 8.81. The van der Waals surface area contributed by atoms with Gasteiger partial charge in [-0.15, -0.1) is 0 Å². The van der Waals surface area contributed by atoms with Crippen LogP contribution in [0, 0.1) is 17.8 Å². The molecular formula is C20H23F4N5. The zero-order valence-corrected chi connectivity index (χ0v) is 16.2. The number of piperidine rings is 1. The Morgan fingerprint density at radius 3 is 2.72 bits per heavy atom. The number of aromatic nitrogens is 3. The van der Waals surface area contributed by atoms with Crippen molar-refractivity contribution in [1.29, 1.82) is 0 Å². The molecule has 2 saturated heterocycles. The average Bonchev–Trinajstić information content (AvgIpc) is 3.21. The van der Waals surface area contributed by atoms with Crippen LogP contribution >= 0.6 is 0 Å². The fourth-order valence-corrected chi connectivity index (χ4v) is 5.43. The zero-order valence-electron chi connectivity index (χ0n) is 16.2. The van der Waals surface area contributed by atoms with Crippen LogP contribution in [0.3, 0.4) is 0 Å². The average molecular weight is 409 g/mol. The summed E-state index contributed by atoms with van der Waals surface area (Å²) in [6.07, 6.45) is -0.642. The Balaban J connectivity index is 1.53. The first-order chi connectivity index (χ1) is 13.7. The van der Waals surface area contributed by atoms with Crippen LogP contribution in [0.25, 0.3) is 11.3 Å². The topological polar surface area (TPSA) is 60.0 Å². The molecule has 4 heterocycles. The third-order valence-electron chi connectivity index (χ3n) is 6.66. The van der Waals surface area contributed by atoms with Crippen molar-refractivity contribution in [3.63, 3.8) is 0 Å². The molecule has 2 aromatic heterocycles. The molecule has 2 aliphatic carbocycles. The fourth-order valence-electron chi connectivity index (χ4n) is 5.43. The number of alkyl halides is 4. The Bertz CT molecular complexity index is 962. The van der Waals surface area contributed by atoms with Crippen molar-refractivity contribution < 1.29 is 17.6 Å². The van der Waals surface area contributed by atoms with Crippen molar-refractivity contribution in [2.45, 2.75) is 38.0 Å². The van der Waals surface area contributed by atoms with Gasteiger partial charge in [0, 0.05) is 55.3 Å². The van der Waals surface area contributed by atoms with E-state index in [0.29, 0.717) is 41.6 Å². The van der Waals surface area contributed by atoms with Crippen LogP contribution in [0.2, 0.25) is 0 Å². The van der Waals surface area contributed by atoms with Crippen molar-refractivity contribution in [3.8, 4) is 11.3 Å². The lowest BCUT2D eigenvalue weighted by atomic mass is 10.1. The third-order valence-corrected chi connectivity index (χ3v) is 6.66. The van der Waals surface area contributed by atoms with E-state index in [1.165, 1.54) is 6.20 Å². The summed E-state index contributed by atoms with van der Waals surface area (Å²) >= 11 is 0. The first-order valence-electron chi connectivity index (χ1n) is 9.91. The van der Waals surface area contributed by atoms with Crippen molar-refractivity contribution in [3.05, 3.63) is 29.8 Å². The predicted octanol–water partition coefficient (Wildman–Crippen LogP) is 3.35. The number of fused-ring (bicyclic) bond motifs is 1. The van der Waals surface area contributed by atoms with Gasteiger partial charge in [-0.25, -0.2) is 14.4 Å². The number of nitrogen functional groups attached to an aromatic ring is 1. The molecule has 4 aliphatic rings. The highest BCUT2D eigenvalue weighted by molar-refractivity contribution is 5.63. The monoisotopic (exact) mass is 409 g/mol. The summed E-state index contributed by atoms with van der Waals surface area (Å²) in [5, 5.41) is 0. The predicted molar refractivity (Wildman–Crippen MR) is 99.7 cm³/mol. The van der Waals surface area contributed by atoms with Gasteiger partial charge in [-0.2, -0.15) is 13.2 Å². The molecule has 0 aromatic carbocycles. The maximum atomic E-state index is 13.3. The zero-order chi connectivity index (χ0) is 20.7. The lowest BCUT2D eigenvalue weighted by molar-refractivity contribution is -0.137. The maximum Gasteiger partial charge on any atom is 0.419 e. The summed E-state index contributed by atoms with van der Waals surface area (Å²) in [7, 11) is 0. The van der Waals surface area contributed by atoms with Gasteiger partial charge in [-0.3, -0.25) is 4.90 Å². The van der Waals surface area contributed by atoms with Crippen molar-refractivity contribution in [2.75, 3.05) is 25.5 Å². The van der Waals surface area contributed by atoms with Crippen LogP contribution in [0.4, 0.5) is 23.4 Å². The molecule has 2 aromatic rings. The first-order valence-corrected chi connectivity index (χ1v) is 9.91. The van der Waals surface area contributed by atoms with E-state index in [9.17, 15) is 17.6 Å². The van der Waals surface area contributed by atoms with Crippen LogP contribution in [0.5, 0.6) is 0 Å². The highest BCUT2D eigenvalue weighted by atomic mass is 19.4. The molecule has 5 nitrogen and oxygen atoms in total. The van der Waals surface area contributed by atoms with Gasteiger partial charge >= 0.3 is 6.18 Å². The Morgan fingerprint density at radius 1 is 1.34 bits per heavy atom. The van der Waals surface area contributed by atoms with E-state index in [-0.39, 0.29) is 12.2 Å². The van der Waals surface area contributed by atoms with Crippen molar-refractivity contribution in [2.24, 2.45) is 17.8 Å². The SMILES string of the molecule is CC(C)Cc1nc(-c2cnc(N)c(C(F)(F)F)c2)cn1[C@]12C3[C@@H]1[C@@H]2CN3CCF. The number of nitrogens with two attached hydrogens (primary N) is 1. The number of imidazole rings is 1. The van der Waals surface area contributed by atoms with Gasteiger partial charge in [0.05, 0.1) is 16.8 Å². The molecule has 29 heavy (non-hydrogen) atoms. The van der Waals surface area contributed by atoms with E-state index in [0.717, 1.165) is 24.9 Å². The minimum Gasteiger partial charge on any atom is -0.383 e. The summed E-state index contributed by atoms with van der Waals surface area (Å²) in [5.74, 6) is 1.69. The summed E-state index contributed by atoms with van der Waals surface area (Å²) in [5.41, 5.74) is 5.22. The summed E-state index contributed by atoms with van der Waals surface area (Å²) in [6.45, 7) is 5.14. The van der Waals surface area contributed by atoms with E-state index in [1.54, 1.807) is 0 Å². The second-order valence-corrected chi connectivity index (χ2v) is 8.81. The summed E-state index contributed by atoms with van der Waals surface area (Å²) in [4.78, 5) is 10.6. The Labute approximate surface area is 165 Å². The van der Waals surface area contributed by atoms with Crippen LogP contribution in [0.1, 0.15) is 25.2 Å². The molecule has 0 radical (unpaired) electrons. The maximum absolute atomic E-state index is 13.3. The number of anilines is 1. The third kappa shape index (κ3) is 2.55. The molecule has 0 spiro atoms. The number of hydrogen-bond acceptors (Lipinski definition) is 4. The van der Waals surface area contributed by atoms with E-state index < -0.39 is 17.6 Å². The van der Waals surface area contributed by atoms with Crippen molar-refractivity contribution >= 4 is 5.82 Å². The largest absolute Gasteiger partial charge is 0.419 e. The minimum absolute atomic E-state index is 0.0429. The molecule has 2 N–H and O–H groups in total. The standard InChI is InChI=1S/C20H23F4N5/c1-10(2)5-15-27-14(11-6-12(20(22,23)24)18(25)26-7-11)9-29(15)19-13-8-28(4-3-21)17(19)16(13)19/h6-7,9-10,13,16-17H,3-5,8H2,1-2H3,(H2,25,26)/t13-,16-,17?,19-/m0/s1. The quantitative estimate of drug-likeness (QED) is 0.744. The molecule has 2 bridgehead atoms. The highest BCUT2D eigenvalue weighted by Gasteiger charge is 2.93. The van der Waals surface area contributed by atoms with Crippen LogP contribution in [-0.2, 0) is 18.1 Å². The van der Waals surface area contributed by atoms with Gasteiger partial charge in [0.15, 0.2) is 0 Å².